The molecule has 2 aromatic heterocycles. The van der Waals surface area contributed by atoms with Crippen molar-refractivity contribution in [2.24, 2.45) is 23.1 Å². The molecule has 0 bridgehead atoms. The number of amidine groups is 1. The van der Waals surface area contributed by atoms with Crippen LogP contribution in [0.1, 0.15) is 50.1 Å². The van der Waals surface area contributed by atoms with Crippen LogP contribution in [0.3, 0.4) is 0 Å². The average Bonchev–Trinajstić information content (AvgIpc) is 3.27. The molecule has 0 saturated heterocycles. The highest BCUT2D eigenvalue weighted by Crippen LogP contribution is 2.25. The van der Waals surface area contributed by atoms with Gasteiger partial charge in [-0.1, -0.05) is 68.8 Å². The zero-order valence-corrected chi connectivity index (χ0v) is 21.4. The van der Waals surface area contributed by atoms with Crippen molar-refractivity contribution in [3.63, 3.8) is 0 Å². The molecule has 4 aromatic rings. The van der Waals surface area contributed by atoms with Crippen LogP contribution < -0.4 is 17.0 Å². The van der Waals surface area contributed by atoms with Gasteiger partial charge in [0.25, 0.3) is 5.56 Å². The fourth-order valence-corrected chi connectivity index (χ4v) is 4.56. The number of benzene rings is 2. The molecule has 4 rings (SSSR count). The number of hydrogen-bond acceptors (Lipinski definition) is 4. The van der Waals surface area contributed by atoms with E-state index in [0.29, 0.717) is 36.2 Å². The number of unbranched alkanes of at least 4 members (excludes halogenated alkanes) is 1. The van der Waals surface area contributed by atoms with Gasteiger partial charge in [0.1, 0.15) is 5.82 Å². The van der Waals surface area contributed by atoms with Crippen LogP contribution in [0.25, 0.3) is 27.8 Å². The van der Waals surface area contributed by atoms with Crippen molar-refractivity contribution in [1.82, 2.24) is 18.7 Å². The Kier molecular flexibility index (Phi) is 7.76. The molecule has 2 N–H and O–H groups in total. The summed E-state index contributed by atoms with van der Waals surface area (Å²) in [5.41, 5.74) is 18.4. The maximum absolute atomic E-state index is 13.2. The van der Waals surface area contributed by atoms with E-state index < -0.39 is 0 Å². The zero-order chi connectivity index (χ0) is 26.5. The molecule has 0 radical (unpaired) electrons. The quantitative estimate of drug-likeness (QED) is 0.153. The lowest BCUT2D eigenvalue weighted by atomic mass is 9.98. The van der Waals surface area contributed by atoms with Gasteiger partial charge in [-0.3, -0.25) is 19.2 Å². The third-order valence-electron chi connectivity index (χ3n) is 6.47. The van der Waals surface area contributed by atoms with E-state index in [1.165, 1.54) is 11.6 Å². The summed E-state index contributed by atoms with van der Waals surface area (Å²) < 4.78 is 4.73. The first-order valence-corrected chi connectivity index (χ1v) is 12.5. The smallest absolute Gasteiger partial charge is 0.332 e. The van der Waals surface area contributed by atoms with Crippen molar-refractivity contribution >= 4 is 17.0 Å². The highest BCUT2D eigenvalue weighted by Gasteiger charge is 2.20. The van der Waals surface area contributed by atoms with Crippen molar-refractivity contribution in [3.05, 3.63) is 91.9 Å². The van der Waals surface area contributed by atoms with E-state index in [1.54, 1.807) is 4.57 Å². The maximum atomic E-state index is 13.2. The van der Waals surface area contributed by atoms with Crippen LogP contribution >= 0.6 is 0 Å². The van der Waals surface area contributed by atoms with Gasteiger partial charge >= 0.3 is 5.69 Å². The second-order valence-corrected chi connectivity index (χ2v) is 9.01. The Labute approximate surface area is 214 Å². The number of fused-ring (bicyclic) bond motifs is 1. The minimum atomic E-state index is -0.342. The summed E-state index contributed by atoms with van der Waals surface area (Å²) in [6.07, 6.45) is 3.40. The van der Waals surface area contributed by atoms with Gasteiger partial charge in [-0.25, -0.2) is 9.78 Å². The number of nitrogens with zero attached hydrogens (tertiary/aromatic N) is 7. The molecule has 0 unspecified atom stereocenters. The van der Waals surface area contributed by atoms with Crippen LogP contribution in [0.4, 0.5) is 0 Å². The lowest BCUT2D eigenvalue weighted by molar-refractivity contribution is 0.609. The van der Waals surface area contributed by atoms with Crippen LogP contribution in [-0.2, 0) is 26.6 Å². The van der Waals surface area contributed by atoms with E-state index in [0.717, 1.165) is 41.8 Å². The minimum Gasteiger partial charge on any atom is -0.400 e. The van der Waals surface area contributed by atoms with Crippen LogP contribution in [0, 0.1) is 0 Å². The van der Waals surface area contributed by atoms with Crippen LogP contribution in [0.15, 0.2) is 68.4 Å². The molecule has 0 spiro atoms. The lowest BCUT2D eigenvalue weighted by Gasteiger charge is -2.13. The van der Waals surface area contributed by atoms with Crippen molar-refractivity contribution in [3.8, 4) is 11.1 Å². The molecule has 0 aliphatic carbocycles. The third-order valence-corrected chi connectivity index (χ3v) is 6.47. The highest BCUT2D eigenvalue weighted by atomic mass is 16.2. The molecule has 0 aliphatic heterocycles. The van der Waals surface area contributed by atoms with Crippen LogP contribution in [0.2, 0.25) is 0 Å². The molecule has 2 heterocycles. The Morgan fingerprint density at radius 1 is 1.03 bits per heavy atom. The normalized spacial score (nSPS) is 11.8. The molecular weight excluding hydrogens is 468 g/mol. The highest BCUT2D eigenvalue weighted by molar-refractivity contribution is 6.03. The summed E-state index contributed by atoms with van der Waals surface area (Å²) >= 11 is 0. The van der Waals surface area contributed by atoms with Gasteiger partial charge in [0.2, 0.25) is 0 Å². The number of aromatic nitrogens is 4. The Bertz CT molecular complexity index is 1580. The molecule has 0 aliphatic rings. The van der Waals surface area contributed by atoms with Gasteiger partial charge < -0.3 is 20.9 Å². The first-order chi connectivity index (χ1) is 17.9. The van der Waals surface area contributed by atoms with Gasteiger partial charge in [-0.2, -0.15) is 0 Å². The first kappa shape index (κ1) is 25.7. The molecule has 0 saturated carbocycles. The fraction of sp³-hybridized carbons (Fsp3) is 0.333. The molecule has 10 heteroatoms. The fourth-order valence-electron chi connectivity index (χ4n) is 4.56. The molecule has 0 fully saturated rings. The summed E-state index contributed by atoms with van der Waals surface area (Å²) in [5, 5.41) is 6.36. The van der Waals surface area contributed by atoms with Gasteiger partial charge in [-0.05, 0) is 29.5 Å². The van der Waals surface area contributed by atoms with E-state index in [2.05, 4.69) is 17.2 Å². The summed E-state index contributed by atoms with van der Waals surface area (Å²) in [5.74, 6) is 0.914. The first-order valence-electron chi connectivity index (χ1n) is 12.5. The molecule has 192 valence electrons. The maximum Gasteiger partial charge on any atom is 0.332 e. The Hall–Kier alpha value is -4.34. The van der Waals surface area contributed by atoms with Crippen molar-refractivity contribution in [2.45, 2.75) is 52.6 Å². The number of imidazole rings is 1. The van der Waals surface area contributed by atoms with Gasteiger partial charge in [-0.15, -0.1) is 0 Å². The molecule has 0 amide bonds. The van der Waals surface area contributed by atoms with E-state index in [1.807, 2.05) is 60.0 Å². The standard InChI is InChI=1S/C27H31N8O2/c1-4-6-11-22-30-25-23(26(36)33(3)27(37)34(25)16-5-2)35(22)17-18-12-14-19(15-13-18)20-9-7-8-10-21(20)24(28)31-32-29/h7-10,12-15H,4-6,11,16-17H2,1-3H3,(H2-,28,29,31)/q-1. The van der Waals surface area contributed by atoms with Crippen molar-refractivity contribution in [1.29, 1.82) is 0 Å². The lowest BCUT2D eigenvalue weighted by Crippen LogP contribution is -2.38. The SMILES string of the molecule is CCCCc1nc2c(c(=O)n(C)c(=O)n2CCC)n1Cc1ccc(-c2ccccc2/C(N)=N/N=[N-])cc1. The zero-order valence-electron chi connectivity index (χ0n) is 21.4. The second-order valence-electron chi connectivity index (χ2n) is 9.01. The van der Waals surface area contributed by atoms with E-state index >= 15 is 0 Å². The predicted molar refractivity (Wildman–Crippen MR) is 146 cm³/mol. The van der Waals surface area contributed by atoms with Crippen molar-refractivity contribution < 1.29 is 0 Å². The number of nitrogens with two attached hydrogens (primary N) is 1. The van der Waals surface area contributed by atoms with Gasteiger partial charge in [0, 0.05) is 38.0 Å². The molecule has 0 atom stereocenters. The second kappa shape index (κ2) is 11.2. The number of hydrogen-bond donors (Lipinski definition) is 1. The van der Waals surface area contributed by atoms with Crippen LogP contribution in [0.5, 0.6) is 0 Å². The molecular formula is C27H31N8O2-. The van der Waals surface area contributed by atoms with E-state index in [-0.39, 0.29) is 17.1 Å². The Morgan fingerprint density at radius 2 is 1.76 bits per heavy atom. The number of aryl methyl sites for hydroxylation is 2. The predicted octanol–water partition coefficient (Wildman–Crippen LogP) is 4.01. The Balaban J connectivity index is 1.79. The summed E-state index contributed by atoms with van der Waals surface area (Å²) in [6.45, 7) is 5.06. The minimum absolute atomic E-state index is 0.113. The Morgan fingerprint density at radius 3 is 2.43 bits per heavy atom. The summed E-state index contributed by atoms with van der Waals surface area (Å²) in [4.78, 5) is 30.8. The largest absolute Gasteiger partial charge is 0.400 e. The monoisotopic (exact) mass is 499 g/mol. The van der Waals surface area contributed by atoms with E-state index in [4.69, 9.17) is 16.2 Å². The van der Waals surface area contributed by atoms with Gasteiger partial charge in [0.15, 0.2) is 11.2 Å². The topological polar surface area (TPSA) is 135 Å². The molecule has 37 heavy (non-hydrogen) atoms. The van der Waals surface area contributed by atoms with Crippen LogP contribution in [-0.4, -0.2) is 24.5 Å². The molecule has 2 aromatic carbocycles. The third kappa shape index (κ3) is 5.00. The van der Waals surface area contributed by atoms with Gasteiger partial charge in [0.05, 0.1) is 0 Å². The number of rotatable bonds is 10. The molecule has 10 nitrogen and oxygen atoms in total. The summed E-state index contributed by atoms with van der Waals surface area (Å²) in [6, 6.07) is 15.4. The average molecular weight is 500 g/mol. The van der Waals surface area contributed by atoms with E-state index in [9.17, 15) is 9.59 Å². The summed E-state index contributed by atoms with van der Waals surface area (Å²) in [7, 11) is 1.52. The van der Waals surface area contributed by atoms with Crippen molar-refractivity contribution in [2.75, 3.05) is 0 Å².